The van der Waals surface area contributed by atoms with E-state index in [9.17, 15) is 14.7 Å². The predicted octanol–water partition coefficient (Wildman–Crippen LogP) is 1.18. The van der Waals surface area contributed by atoms with Gasteiger partial charge in [0.05, 0.1) is 12.2 Å². The maximum Gasteiger partial charge on any atom is 0.313 e. The summed E-state index contributed by atoms with van der Waals surface area (Å²) in [4.78, 5) is 33.4. The minimum Gasteiger partial charge on any atom is -0.481 e. The van der Waals surface area contributed by atoms with Crippen LogP contribution in [0.3, 0.4) is 0 Å². The largest absolute Gasteiger partial charge is 0.481 e. The number of nitrogens with zero attached hydrogens (tertiary/aromatic N) is 4. The number of fused-ring (bicyclic) bond motifs is 1. The highest BCUT2D eigenvalue weighted by Crippen LogP contribution is 2.44. The van der Waals surface area contributed by atoms with Crippen LogP contribution in [0.4, 0.5) is 0 Å². The molecule has 2 saturated heterocycles. The van der Waals surface area contributed by atoms with Crippen molar-refractivity contribution in [2.45, 2.75) is 39.7 Å². The first-order valence-corrected chi connectivity index (χ1v) is 9.55. The van der Waals surface area contributed by atoms with Crippen molar-refractivity contribution in [3.63, 3.8) is 0 Å². The minimum absolute atomic E-state index is 0.00601. The number of aryl methyl sites for hydroxylation is 1. The Labute approximate surface area is 154 Å². The lowest BCUT2D eigenvalue weighted by molar-refractivity contribution is -0.149. The molecular formula is C19H28N4O3. The normalized spacial score (nSPS) is 29.0. The number of rotatable bonds is 4. The number of hydrogen-bond donors (Lipinski definition) is 1. The summed E-state index contributed by atoms with van der Waals surface area (Å²) in [5, 5.41) is 9.98. The van der Waals surface area contributed by atoms with Crippen LogP contribution in [0, 0.1) is 31.1 Å². The molecular weight excluding hydrogens is 332 g/mol. The fourth-order valence-electron chi connectivity index (χ4n) is 4.80. The standard InChI is InChI=1S/C19H28N4O3/c1-12-13(2)21(3)16(20-12)9-22-7-15-8-23(17(24)14-5-4-6-14)11-19(15,10-22)18(25)26/h14-15H,4-11H2,1-3H3,(H,25,26)/t15-,19-/m0/s1. The molecule has 0 radical (unpaired) electrons. The fraction of sp³-hybridized carbons (Fsp3) is 0.737. The quantitative estimate of drug-likeness (QED) is 0.872. The van der Waals surface area contributed by atoms with Crippen molar-refractivity contribution in [1.82, 2.24) is 19.4 Å². The van der Waals surface area contributed by atoms with Crippen LogP contribution in [0.1, 0.15) is 36.5 Å². The van der Waals surface area contributed by atoms with Crippen LogP contribution < -0.4 is 0 Å². The first-order valence-electron chi connectivity index (χ1n) is 9.55. The molecule has 3 aliphatic rings. The molecule has 1 N–H and O–H groups in total. The van der Waals surface area contributed by atoms with Crippen LogP contribution in [-0.2, 0) is 23.2 Å². The molecule has 1 aromatic rings. The number of likely N-dealkylation sites (tertiary alicyclic amines) is 2. The molecule has 0 bridgehead atoms. The van der Waals surface area contributed by atoms with Crippen LogP contribution in [-0.4, -0.2) is 62.5 Å². The van der Waals surface area contributed by atoms with E-state index in [-0.39, 0.29) is 17.7 Å². The molecule has 1 amide bonds. The summed E-state index contributed by atoms with van der Waals surface area (Å²) in [6.07, 6.45) is 3.04. The van der Waals surface area contributed by atoms with Crippen molar-refractivity contribution in [1.29, 1.82) is 0 Å². The van der Waals surface area contributed by atoms with E-state index in [2.05, 4.69) is 14.5 Å². The van der Waals surface area contributed by atoms with Gasteiger partial charge in [-0.1, -0.05) is 6.42 Å². The fourth-order valence-corrected chi connectivity index (χ4v) is 4.80. The van der Waals surface area contributed by atoms with Crippen LogP contribution in [0.5, 0.6) is 0 Å². The topological polar surface area (TPSA) is 78.7 Å². The van der Waals surface area contributed by atoms with Gasteiger partial charge < -0.3 is 14.6 Å². The zero-order valence-corrected chi connectivity index (χ0v) is 15.9. The average molecular weight is 360 g/mol. The molecule has 3 fully saturated rings. The number of carboxylic acid groups (broad SMARTS) is 1. The zero-order valence-electron chi connectivity index (χ0n) is 15.9. The smallest absolute Gasteiger partial charge is 0.313 e. The van der Waals surface area contributed by atoms with Gasteiger partial charge in [0.15, 0.2) is 0 Å². The molecule has 142 valence electrons. The Morgan fingerprint density at radius 2 is 1.96 bits per heavy atom. The van der Waals surface area contributed by atoms with Gasteiger partial charge in [0, 0.05) is 50.8 Å². The van der Waals surface area contributed by atoms with Gasteiger partial charge >= 0.3 is 5.97 Å². The Morgan fingerprint density at radius 3 is 2.46 bits per heavy atom. The van der Waals surface area contributed by atoms with Gasteiger partial charge in [0.1, 0.15) is 11.2 Å². The summed E-state index contributed by atoms with van der Waals surface area (Å²) in [7, 11) is 2.01. The number of carbonyl (C=O) groups is 2. The number of carboxylic acids is 1. The average Bonchev–Trinajstić information content (AvgIpc) is 3.12. The van der Waals surface area contributed by atoms with Crippen LogP contribution in [0.2, 0.25) is 0 Å². The Balaban J connectivity index is 1.49. The number of aliphatic carboxylic acids is 1. The second kappa shape index (κ2) is 6.08. The second-order valence-electron chi connectivity index (χ2n) is 8.43. The van der Waals surface area contributed by atoms with E-state index >= 15 is 0 Å². The maximum atomic E-state index is 12.6. The van der Waals surface area contributed by atoms with E-state index in [0.717, 1.165) is 36.5 Å². The number of amides is 1. The monoisotopic (exact) mass is 360 g/mol. The van der Waals surface area contributed by atoms with Crippen molar-refractivity contribution in [3.8, 4) is 0 Å². The Kier molecular flexibility index (Phi) is 4.10. The van der Waals surface area contributed by atoms with Gasteiger partial charge in [-0.15, -0.1) is 0 Å². The van der Waals surface area contributed by atoms with Crippen LogP contribution >= 0.6 is 0 Å². The summed E-state index contributed by atoms with van der Waals surface area (Å²) in [5.41, 5.74) is 1.34. The highest BCUT2D eigenvalue weighted by Gasteiger charge is 2.58. The lowest BCUT2D eigenvalue weighted by atomic mass is 9.81. The Morgan fingerprint density at radius 1 is 1.23 bits per heavy atom. The molecule has 2 atom stereocenters. The molecule has 26 heavy (non-hydrogen) atoms. The Hall–Kier alpha value is -1.89. The van der Waals surface area contributed by atoms with E-state index < -0.39 is 11.4 Å². The van der Waals surface area contributed by atoms with E-state index in [1.165, 1.54) is 0 Å². The molecule has 4 rings (SSSR count). The van der Waals surface area contributed by atoms with Gasteiger partial charge in [-0.2, -0.15) is 0 Å². The molecule has 1 saturated carbocycles. The maximum absolute atomic E-state index is 12.6. The van der Waals surface area contributed by atoms with Crippen molar-refractivity contribution in [2.75, 3.05) is 26.2 Å². The number of carbonyl (C=O) groups excluding carboxylic acids is 1. The van der Waals surface area contributed by atoms with E-state index in [0.29, 0.717) is 32.7 Å². The van der Waals surface area contributed by atoms with Gasteiger partial charge in [-0.25, -0.2) is 4.98 Å². The summed E-state index contributed by atoms with van der Waals surface area (Å²) >= 11 is 0. The first-order chi connectivity index (χ1) is 12.3. The summed E-state index contributed by atoms with van der Waals surface area (Å²) < 4.78 is 2.09. The van der Waals surface area contributed by atoms with Gasteiger partial charge in [-0.3, -0.25) is 14.5 Å². The zero-order chi connectivity index (χ0) is 18.6. The lowest BCUT2D eigenvalue weighted by Crippen LogP contribution is -2.44. The van der Waals surface area contributed by atoms with Crippen molar-refractivity contribution < 1.29 is 14.7 Å². The van der Waals surface area contributed by atoms with E-state index in [1.807, 2.05) is 25.8 Å². The molecule has 7 nitrogen and oxygen atoms in total. The lowest BCUT2D eigenvalue weighted by Gasteiger charge is -2.31. The third-order valence-corrected chi connectivity index (χ3v) is 6.95. The molecule has 3 heterocycles. The van der Waals surface area contributed by atoms with Gasteiger partial charge in [0.25, 0.3) is 0 Å². The number of imidazole rings is 1. The highest BCUT2D eigenvalue weighted by atomic mass is 16.4. The molecule has 0 aromatic carbocycles. The van der Waals surface area contributed by atoms with Crippen molar-refractivity contribution in [2.24, 2.45) is 24.3 Å². The van der Waals surface area contributed by atoms with Crippen molar-refractivity contribution in [3.05, 3.63) is 17.2 Å². The minimum atomic E-state index is -0.825. The highest BCUT2D eigenvalue weighted by molar-refractivity contribution is 5.83. The van der Waals surface area contributed by atoms with E-state index in [4.69, 9.17) is 0 Å². The number of hydrogen-bond acceptors (Lipinski definition) is 4. The molecule has 7 heteroatoms. The second-order valence-corrected chi connectivity index (χ2v) is 8.43. The SMILES string of the molecule is Cc1nc(CN2C[C@H]3CN(C(=O)C4CCC4)C[C@@]3(C(=O)O)C2)n(C)c1C. The van der Waals surface area contributed by atoms with Crippen molar-refractivity contribution >= 4 is 11.9 Å². The Bertz CT molecular complexity index is 754. The molecule has 1 aliphatic carbocycles. The van der Waals surface area contributed by atoms with Crippen LogP contribution in [0.15, 0.2) is 0 Å². The molecule has 0 unspecified atom stereocenters. The third-order valence-electron chi connectivity index (χ3n) is 6.95. The van der Waals surface area contributed by atoms with E-state index in [1.54, 1.807) is 0 Å². The van der Waals surface area contributed by atoms with Gasteiger partial charge in [0.2, 0.25) is 5.91 Å². The number of aromatic nitrogens is 2. The molecule has 0 spiro atoms. The summed E-state index contributed by atoms with van der Waals surface area (Å²) in [6.45, 7) is 6.85. The van der Waals surface area contributed by atoms with Crippen LogP contribution in [0.25, 0.3) is 0 Å². The molecule has 1 aromatic heterocycles. The third kappa shape index (κ3) is 2.55. The molecule has 2 aliphatic heterocycles. The predicted molar refractivity (Wildman–Crippen MR) is 95.4 cm³/mol. The summed E-state index contributed by atoms with van der Waals surface area (Å²) in [5.74, 6) is 0.526. The first kappa shape index (κ1) is 17.5. The summed E-state index contributed by atoms with van der Waals surface area (Å²) in [6, 6.07) is 0. The van der Waals surface area contributed by atoms with Gasteiger partial charge in [-0.05, 0) is 26.7 Å².